The lowest BCUT2D eigenvalue weighted by Crippen LogP contribution is -2.01. The van der Waals surface area contributed by atoms with Crippen molar-refractivity contribution in [2.75, 3.05) is 7.11 Å². The Morgan fingerprint density at radius 3 is 2.10 bits per heavy atom. The van der Waals surface area contributed by atoms with E-state index in [0.717, 1.165) is 17.7 Å². The molecular formula is C17H18O3. The molecule has 104 valence electrons. The Kier molecular flexibility index (Phi) is 4.77. The van der Waals surface area contributed by atoms with E-state index in [-0.39, 0.29) is 5.97 Å². The molecule has 0 aliphatic heterocycles. The van der Waals surface area contributed by atoms with Gasteiger partial charge in [0.05, 0.1) is 12.7 Å². The topological polar surface area (TPSA) is 35.5 Å². The van der Waals surface area contributed by atoms with E-state index in [2.05, 4.69) is 35.9 Å². The first-order valence-electron chi connectivity index (χ1n) is 6.62. The smallest absolute Gasteiger partial charge is 0.337 e. The Morgan fingerprint density at radius 2 is 1.55 bits per heavy atom. The third-order valence-electron chi connectivity index (χ3n) is 3.11. The maximum absolute atomic E-state index is 11.3. The molecule has 2 rings (SSSR count). The molecule has 2 aromatic carbocycles. The second kappa shape index (κ2) is 6.75. The van der Waals surface area contributed by atoms with Crippen molar-refractivity contribution in [3.8, 4) is 5.75 Å². The highest BCUT2D eigenvalue weighted by molar-refractivity contribution is 5.89. The number of hydrogen-bond donors (Lipinski definition) is 0. The van der Waals surface area contributed by atoms with Gasteiger partial charge in [-0.1, -0.05) is 31.2 Å². The monoisotopic (exact) mass is 270 g/mol. The molecule has 0 spiro atoms. The first kappa shape index (κ1) is 14.1. The van der Waals surface area contributed by atoms with Crippen LogP contribution in [-0.4, -0.2) is 13.1 Å². The predicted molar refractivity (Wildman–Crippen MR) is 77.9 cm³/mol. The molecule has 0 aliphatic rings. The van der Waals surface area contributed by atoms with Crippen molar-refractivity contribution in [3.63, 3.8) is 0 Å². The fraction of sp³-hybridized carbons (Fsp3) is 0.235. The van der Waals surface area contributed by atoms with Gasteiger partial charge in [0, 0.05) is 0 Å². The summed E-state index contributed by atoms with van der Waals surface area (Å²) < 4.78 is 10.3. The van der Waals surface area contributed by atoms with Crippen molar-refractivity contribution in [2.24, 2.45) is 0 Å². The fourth-order valence-corrected chi connectivity index (χ4v) is 1.84. The van der Waals surface area contributed by atoms with Crippen LogP contribution in [0.4, 0.5) is 0 Å². The van der Waals surface area contributed by atoms with E-state index in [4.69, 9.17) is 4.74 Å². The summed E-state index contributed by atoms with van der Waals surface area (Å²) in [5.74, 6) is 0.393. The van der Waals surface area contributed by atoms with Crippen LogP contribution in [0.25, 0.3) is 0 Å². The minimum absolute atomic E-state index is 0.341. The lowest BCUT2D eigenvalue weighted by atomic mass is 10.1. The van der Waals surface area contributed by atoms with Crippen LogP contribution in [-0.2, 0) is 17.8 Å². The van der Waals surface area contributed by atoms with E-state index in [1.54, 1.807) is 24.3 Å². The number of benzene rings is 2. The summed E-state index contributed by atoms with van der Waals surface area (Å²) in [7, 11) is 1.37. The van der Waals surface area contributed by atoms with Crippen molar-refractivity contribution in [1.29, 1.82) is 0 Å². The number of methoxy groups -OCH3 is 1. The van der Waals surface area contributed by atoms with Gasteiger partial charge in [-0.05, 0) is 41.8 Å². The van der Waals surface area contributed by atoms with Gasteiger partial charge in [-0.3, -0.25) is 0 Å². The molecule has 0 heterocycles. The summed E-state index contributed by atoms with van der Waals surface area (Å²) in [5.41, 5.74) is 2.96. The zero-order valence-corrected chi connectivity index (χ0v) is 11.8. The summed E-state index contributed by atoms with van der Waals surface area (Å²) in [6.07, 6.45) is 1.04. The van der Waals surface area contributed by atoms with Crippen LogP contribution in [0.1, 0.15) is 28.4 Å². The Bertz CT molecular complexity index is 556. The minimum Gasteiger partial charge on any atom is -0.489 e. The SMILES string of the molecule is CCc1ccc(COc2ccc(C(=O)OC)cc2)cc1. The third kappa shape index (κ3) is 3.60. The molecule has 3 heteroatoms. The molecule has 0 atom stereocenters. The second-order valence-corrected chi connectivity index (χ2v) is 4.47. The zero-order valence-electron chi connectivity index (χ0n) is 11.8. The number of aryl methyl sites for hydroxylation is 1. The van der Waals surface area contributed by atoms with Crippen molar-refractivity contribution in [2.45, 2.75) is 20.0 Å². The molecule has 0 bridgehead atoms. The molecule has 3 nitrogen and oxygen atoms in total. The molecule has 20 heavy (non-hydrogen) atoms. The Labute approximate surface area is 119 Å². The summed E-state index contributed by atoms with van der Waals surface area (Å²) in [6, 6.07) is 15.3. The van der Waals surface area contributed by atoms with Gasteiger partial charge in [-0.25, -0.2) is 4.79 Å². The standard InChI is InChI=1S/C17H18O3/c1-3-13-4-6-14(7-5-13)12-20-16-10-8-15(9-11-16)17(18)19-2/h4-11H,3,12H2,1-2H3. The highest BCUT2D eigenvalue weighted by Crippen LogP contribution is 2.15. The van der Waals surface area contributed by atoms with Crippen molar-refractivity contribution in [1.82, 2.24) is 0 Å². The van der Waals surface area contributed by atoms with Crippen LogP contribution < -0.4 is 4.74 Å². The summed E-state index contributed by atoms with van der Waals surface area (Å²) in [5, 5.41) is 0. The number of hydrogen-bond acceptors (Lipinski definition) is 3. The van der Waals surface area contributed by atoms with E-state index in [1.807, 2.05) is 0 Å². The van der Waals surface area contributed by atoms with Crippen LogP contribution >= 0.6 is 0 Å². The molecular weight excluding hydrogens is 252 g/mol. The van der Waals surface area contributed by atoms with E-state index in [9.17, 15) is 4.79 Å². The van der Waals surface area contributed by atoms with Gasteiger partial charge in [0.2, 0.25) is 0 Å². The second-order valence-electron chi connectivity index (χ2n) is 4.47. The summed E-state index contributed by atoms with van der Waals surface area (Å²) in [6.45, 7) is 2.65. The molecule has 0 unspecified atom stereocenters. The van der Waals surface area contributed by atoms with Crippen molar-refractivity contribution in [3.05, 3.63) is 65.2 Å². The maximum Gasteiger partial charge on any atom is 0.337 e. The highest BCUT2D eigenvalue weighted by Gasteiger charge is 2.04. The molecule has 2 aromatic rings. The van der Waals surface area contributed by atoms with Gasteiger partial charge in [-0.2, -0.15) is 0 Å². The molecule has 0 radical (unpaired) electrons. The molecule has 0 fully saturated rings. The Morgan fingerprint density at radius 1 is 0.950 bits per heavy atom. The van der Waals surface area contributed by atoms with Crippen molar-refractivity contribution < 1.29 is 14.3 Å². The number of carbonyl (C=O) groups is 1. The number of carbonyl (C=O) groups excluding carboxylic acids is 1. The highest BCUT2D eigenvalue weighted by atomic mass is 16.5. The lowest BCUT2D eigenvalue weighted by molar-refractivity contribution is 0.0600. The molecule has 0 N–H and O–H groups in total. The van der Waals surface area contributed by atoms with E-state index in [0.29, 0.717) is 12.2 Å². The molecule has 0 aliphatic carbocycles. The lowest BCUT2D eigenvalue weighted by Gasteiger charge is -2.07. The van der Waals surface area contributed by atoms with E-state index >= 15 is 0 Å². The average molecular weight is 270 g/mol. The van der Waals surface area contributed by atoms with E-state index < -0.39 is 0 Å². The van der Waals surface area contributed by atoms with Gasteiger partial charge in [0.15, 0.2) is 0 Å². The zero-order chi connectivity index (χ0) is 14.4. The van der Waals surface area contributed by atoms with Crippen LogP contribution in [0, 0.1) is 0 Å². The van der Waals surface area contributed by atoms with Crippen LogP contribution in [0.5, 0.6) is 5.75 Å². The average Bonchev–Trinajstić information content (AvgIpc) is 2.53. The number of esters is 1. The van der Waals surface area contributed by atoms with E-state index in [1.165, 1.54) is 12.7 Å². The number of ether oxygens (including phenoxy) is 2. The fourth-order valence-electron chi connectivity index (χ4n) is 1.84. The maximum atomic E-state index is 11.3. The van der Waals surface area contributed by atoms with Gasteiger partial charge in [-0.15, -0.1) is 0 Å². The largest absolute Gasteiger partial charge is 0.489 e. The summed E-state index contributed by atoms with van der Waals surface area (Å²) in [4.78, 5) is 11.3. The molecule has 0 amide bonds. The van der Waals surface area contributed by atoms with Crippen molar-refractivity contribution >= 4 is 5.97 Å². The van der Waals surface area contributed by atoms with Gasteiger partial charge in [0.1, 0.15) is 12.4 Å². The van der Waals surface area contributed by atoms with Crippen LogP contribution in [0.2, 0.25) is 0 Å². The predicted octanol–water partition coefficient (Wildman–Crippen LogP) is 3.61. The van der Waals surface area contributed by atoms with Crippen LogP contribution in [0.3, 0.4) is 0 Å². The van der Waals surface area contributed by atoms with Gasteiger partial charge >= 0.3 is 5.97 Å². The first-order valence-corrected chi connectivity index (χ1v) is 6.62. The first-order chi connectivity index (χ1) is 9.72. The van der Waals surface area contributed by atoms with Gasteiger partial charge < -0.3 is 9.47 Å². The van der Waals surface area contributed by atoms with Gasteiger partial charge in [0.25, 0.3) is 0 Å². The summed E-state index contributed by atoms with van der Waals surface area (Å²) >= 11 is 0. The Balaban J connectivity index is 1.94. The minimum atomic E-state index is -0.341. The Hall–Kier alpha value is -2.29. The molecule has 0 saturated carbocycles. The molecule has 0 saturated heterocycles. The normalized spacial score (nSPS) is 10.1. The van der Waals surface area contributed by atoms with Crippen LogP contribution in [0.15, 0.2) is 48.5 Å². The number of rotatable bonds is 5. The third-order valence-corrected chi connectivity index (χ3v) is 3.11. The molecule has 0 aromatic heterocycles. The quantitative estimate of drug-likeness (QED) is 0.778.